The molecule has 0 bridgehead atoms. The second-order valence-electron chi connectivity index (χ2n) is 8.43. The summed E-state index contributed by atoms with van der Waals surface area (Å²) >= 11 is 5.95. The summed E-state index contributed by atoms with van der Waals surface area (Å²) in [6, 6.07) is 16.3. The monoisotopic (exact) mass is 514 g/mol. The van der Waals surface area contributed by atoms with Crippen molar-refractivity contribution in [2.45, 2.75) is 31.7 Å². The van der Waals surface area contributed by atoms with Gasteiger partial charge in [-0.05, 0) is 86.0 Å². The maximum Gasteiger partial charge on any atom is 0.264 e. The maximum absolute atomic E-state index is 13.6. The van der Waals surface area contributed by atoms with Crippen LogP contribution in [-0.4, -0.2) is 34.1 Å². The number of fused-ring (bicyclic) bond motifs is 1. The number of hydrogen-bond acceptors (Lipinski definition) is 5. The number of carbonyl (C=O) groups is 1. The quantitative estimate of drug-likeness (QED) is 0.489. The lowest BCUT2D eigenvalue weighted by atomic mass is 10.1. The second kappa shape index (κ2) is 10.2. The van der Waals surface area contributed by atoms with Crippen molar-refractivity contribution in [3.63, 3.8) is 0 Å². The van der Waals surface area contributed by atoms with Crippen molar-refractivity contribution < 1.29 is 22.7 Å². The van der Waals surface area contributed by atoms with Crippen molar-refractivity contribution >= 4 is 33.2 Å². The summed E-state index contributed by atoms with van der Waals surface area (Å²) in [5, 5.41) is 3.32. The van der Waals surface area contributed by atoms with E-state index in [0.29, 0.717) is 35.4 Å². The van der Waals surface area contributed by atoms with Gasteiger partial charge < -0.3 is 14.8 Å². The molecule has 1 unspecified atom stereocenters. The zero-order chi connectivity index (χ0) is 25.2. The Morgan fingerprint density at radius 3 is 2.34 bits per heavy atom. The van der Waals surface area contributed by atoms with E-state index in [2.05, 4.69) is 5.32 Å². The van der Waals surface area contributed by atoms with E-state index in [1.54, 1.807) is 18.2 Å². The Morgan fingerprint density at radius 2 is 1.66 bits per heavy atom. The summed E-state index contributed by atoms with van der Waals surface area (Å²) in [6.45, 7) is 6.24. The highest BCUT2D eigenvalue weighted by Crippen LogP contribution is 2.33. The molecule has 0 radical (unpaired) electrons. The molecule has 35 heavy (non-hydrogen) atoms. The number of benzene rings is 3. The normalized spacial score (nSPS) is 13.7. The fourth-order valence-electron chi connectivity index (χ4n) is 3.76. The standard InChI is InChI=1S/C26H27ClN2O5S/c1-17-4-8-22(14-18(17)2)29(35(31,32)23-9-6-21(27)7-10-23)16-26(30)28-19(3)20-5-11-24-25(15-20)34-13-12-33-24/h4-11,14-15,19H,12-13,16H2,1-3H3,(H,28,30). The summed E-state index contributed by atoms with van der Waals surface area (Å²) in [5.41, 5.74) is 3.17. The van der Waals surface area contributed by atoms with Crippen molar-refractivity contribution in [1.82, 2.24) is 5.32 Å². The van der Waals surface area contributed by atoms with E-state index >= 15 is 0 Å². The van der Waals surface area contributed by atoms with E-state index in [1.807, 2.05) is 39.0 Å². The second-order valence-corrected chi connectivity index (χ2v) is 10.7. The third kappa shape index (κ3) is 5.55. The zero-order valence-corrected chi connectivity index (χ0v) is 21.3. The number of aryl methyl sites for hydroxylation is 2. The van der Waals surface area contributed by atoms with E-state index in [-0.39, 0.29) is 17.5 Å². The van der Waals surface area contributed by atoms with Crippen LogP contribution in [0.2, 0.25) is 5.02 Å². The first-order chi connectivity index (χ1) is 16.6. The van der Waals surface area contributed by atoms with Crippen LogP contribution < -0.4 is 19.1 Å². The molecule has 1 aliphatic heterocycles. The van der Waals surface area contributed by atoms with Crippen LogP contribution in [-0.2, 0) is 14.8 Å². The number of rotatable bonds is 7. The van der Waals surface area contributed by atoms with E-state index in [0.717, 1.165) is 21.0 Å². The van der Waals surface area contributed by atoms with Crippen LogP contribution in [0.3, 0.4) is 0 Å². The summed E-state index contributed by atoms with van der Waals surface area (Å²) in [7, 11) is -4.03. The predicted molar refractivity (Wildman–Crippen MR) is 136 cm³/mol. The molecular weight excluding hydrogens is 488 g/mol. The molecular formula is C26H27ClN2O5S. The molecule has 0 saturated carbocycles. The smallest absolute Gasteiger partial charge is 0.264 e. The summed E-state index contributed by atoms with van der Waals surface area (Å²) in [6.07, 6.45) is 0. The van der Waals surface area contributed by atoms with Gasteiger partial charge in [-0.2, -0.15) is 0 Å². The van der Waals surface area contributed by atoms with Crippen LogP contribution in [0.4, 0.5) is 5.69 Å². The minimum Gasteiger partial charge on any atom is -0.486 e. The van der Waals surface area contributed by atoms with Gasteiger partial charge >= 0.3 is 0 Å². The Balaban J connectivity index is 1.59. The number of ether oxygens (including phenoxy) is 2. The third-order valence-electron chi connectivity index (χ3n) is 5.91. The van der Waals surface area contributed by atoms with Crippen LogP contribution in [0.15, 0.2) is 65.6 Å². The molecule has 7 nitrogen and oxygen atoms in total. The van der Waals surface area contributed by atoms with Gasteiger partial charge in [0.15, 0.2) is 11.5 Å². The highest BCUT2D eigenvalue weighted by atomic mass is 35.5. The molecule has 1 N–H and O–H groups in total. The Hall–Kier alpha value is -3.23. The van der Waals surface area contributed by atoms with Crippen molar-refractivity contribution in [1.29, 1.82) is 0 Å². The first kappa shape index (κ1) is 24.9. The van der Waals surface area contributed by atoms with E-state index in [4.69, 9.17) is 21.1 Å². The van der Waals surface area contributed by atoms with Gasteiger partial charge in [-0.15, -0.1) is 0 Å². The van der Waals surface area contributed by atoms with Crippen LogP contribution >= 0.6 is 11.6 Å². The minimum absolute atomic E-state index is 0.0489. The Bertz CT molecular complexity index is 1340. The van der Waals surface area contributed by atoms with Gasteiger partial charge in [0.2, 0.25) is 5.91 Å². The molecule has 0 aromatic heterocycles. The number of nitrogens with zero attached hydrogens (tertiary/aromatic N) is 1. The molecule has 3 aromatic carbocycles. The predicted octanol–water partition coefficient (Wildman–Crippen LogP) is 4.80. The molecule has 4 rings (SSSR count). The molecule has 0 saturated heterocycles. The number of halogens is 1. The fourth-order valence-corrected chi connectivity index (χ4v) is 5.30. The SMILES string of the molecule is Cc1ccc(N(CC(=O)NC(C)c2ccc3c(c2)OCCO3)S(=O)(=O)c2ccc(Cl)cc2)cc1C. The zero-order valence-electron chi connectivity index (χ0n) is 19.7. The summed E-state index contributed by atoms with van der Waals surface area (Å²) in [5.74, 6) is 0.841. The van der Waals surface area contributed by atoms with Gasteiger partial charge in [0.25, 0.3) is 10.0 Å². The van der Waals surface area contributed by atoms with Gasteiger partial charge in [-0.3, -0.25) is 9.10 Å². The highest BCUT2D eigenvalue weighted by molar-refractivity contribution is 7.92. The van der Waals surface area contributed by atoms with Crippen molar-refractivity contribution in [2.24, 2.45) is 0 Å². The van der Waals surface area contributed by atoms with Gasteiger partial charge in [0.1, 0.15) is 19.8 Å². The van der Waals surface area contributed by atoms with Gasteiger partial charge in [0.05, 0.1) is 16.6 Å². The number of nitrogens with one attached hydrogen (secondary N) is 1. The van der Waals surface area contributed by atoms with Crippen LogP contribution in [0, 0.1) is 13.8 Å². The van der Waals surface area contributed by atoms with E-state index < -0.39 is 15.9 Å². The summed E-state index contributed by atoms with van der Waals surface area (Å²) < 4.78 is 39.4. The fraction of sp³-hybridized carbons (Fsp3) is 0.269. The maximum atomic E-state index is 13.6. The van der Waals surface area contributed by atoms with Crippen LogP contribution in [0.5, 0.6) is 11.5 Å². The summed E-state index contributed by atoms with van der Waals surface area (Å²) in [4.78, 5) is 13.1. The topological polar surface area (TPSA) is 84.9 Å². The highest BCUT2D eigenvalue weighted by Gasteiger charge is 2.28. The van der Waals surface area contributed by atoms with E-state index in [1.165, 1.54) is 24.3 Å². The molecule has 0 aliphatic carbocycles. The molecule has 1 amide bonds. The van der Waals surface area contributed by atoms with Crippen molar-refractivity contribution in [2.75, 3.05) is 24.1 Å². The number of carbonyl (C=O) groups excluding carboxylic acids is 1. The molecule has 1 atom stereocenters. The van der Waals surface area contributed by atoms with Crippen molar-refractivity contribution in [3.8, 4) is 11.5 Å². The molecule has 0 fully saturated rings. The molecule has 184 valence electrons. The van der Waals surface area contributed by atoms with Crippen molar-refractivity contribution in [3.05, 3.63) is 82.4 Å². The lowest BCUT2D eigenvalue weighted by Crippen LogP contribution is -2.41. The van der Waals surface area contributed by atoms with Crippen LogP contribution in [0.1, 0.15) is 29.7 Å². The number of hydrogen-bond donors (Lipinski definition) is 1. The number of sulfonamides is 1. The minimum atomic E-state index is -4.03. The largest absolute Gasteiger partial charge is 0.486 e. The molecule has 1 heterocycles. The Labute approximate surface area is 210 Å². The molecule has 0 spiro atoms. The number of amides is 1. The number of anilines is 1. The molecule has 9 heteroatoms. The first-order valence-electron chi connectivity index (χ1n) is 11.2. The Kier molecular flexibility index (Phi) is 7.23. The molecule has 1 aliphatic rings. The van der Waals surface area contributed by atoms with E-state index in [9.17, 15) is 13.2 Å². The lowest BCUT2D eigenvalue weighted by molar-refractivity contribution is -0.120. The average Bonchev–Trinajstić information content (AvgIpc) is 2.84. The lowest BCUT2D eigenvalue weighted by Gasteiger charge is -2.26. The Morgan fingerprint density at radius 1 is 0.971 bits per heavy atom. The van der Waals surface area contributed by atoms with Gasteiger partial charge in [-0.1, -0.05) is 23.7 Å². The van der Waals surface area contributed by atoms with Gasteiger partial charge in [-0.25, -0.2) is 8.42 Å². The van der Waals surface area contributed by atoms with Crippen LogP contribution in [0.25, 0.3) is 0 Å². The average molecular weight is 515 g/mol. The molecule has 3 aromatic rings. The third-order valence-corrected chi connectivity index (χ3v) is 7.95. The van der Waals surface area contributed by atoms with Gasteiger partial charge in [0, 0.05) is 5.02 Å². The first-order valence-corrected chi connectivity index (χ1v) is 13.0.